The lowest BCUT2D eigenvalue weighted by molar-refractivity contribution is 0.282. The van der Waals surface area contributed by atoms with Gasteiger partial charge >= 0.3 is 0 Å². The summed E-state index contributed by atoms with van der Waals surface area (Å²) in [6, 6.07) is 15.6. The van der Waals surface area contributed by atoms with Crippen LogP contribution in [0.15, 0.2) is 65.2 Å². The largest absolute Gasteiger partial charge is 0.493 e. The number of rotatable bonds is 5. The van der Waals surface area contributed by atoms with E-state index in [0.29, 0.717) is 39.1 Å². The van der Waals surface area contributed by atoms with E-state index in [2.05, 4.69) is 39.5 Å². The fourth-order valence-corrected chi connectivity index (χ4v) is 6.09. The molecule has 1 aliphatic carbocycles. The number of benzene rings is 3. The Bertz CT molecular complexity index is 1230. The first-order valence-electron chi connectivity index (χ1n) is 10.6. The predicted molar refractivity (Wildman–Crippen MR) is 139 cm³/mol. The summed E-state index contributed by atoms with van der Waals surface area (Å²) >= 11 is 22.6. The van der Waals surface area contributed by atoms with Crippen LogP contribution in [0.1, 0.15) is 35.1 Å². The van der Waals surface area contributed by atoms with Gasteiger partial charge in [0.05, 0.1) is 17.6 Å². The molecular formula is C26H21BrCl3NO2. The fraction of sp³-hybridized carbons (Fsp3) is 0.231. The molecule has 5 rings (SSSR count). The Balaban J connectivity index is 1.47. The van der Waals surface area contributed by atoms with Crippen molar-refractivity contribution in [3.8, 4) is 11.5 Å². The minimum atomic E-state index is 0.0718. The minimum absolute atomic E-state index is 0.0718. The molecule has 2 aliphatic rings. The number of anilines is 1. The Morgan fingerprint density at radius 3 is 2.58 bits per heavy atom. The third-order valence-electron chi connectivity index (χ3n) is 6.29. The second-order valence-electron chi connectivity index (χ2n) is 8.27. The van der Waals surface area contributed by atoms with Crippen molar-refractivity contribution in [1.82, 2.24) is 0 Å². The van der Waals surface area contributed by atoms with Gasteiger partial charge in [0, 0.05) is 32.2 Å². The number of halogens is 4. The lowest BCUT2D eigenvalue weighted by atomic mass is 9.77. The van der Waals surface area contributed by atoms with Crippen molar-refractivity contribution < 1.29 is 9.47 Å². The molecule has 0 radical (unpaired) electrons. The van der Waals surface area contributed by atoms with E-state index in [9.17, 15) is 0 Å². The molecule has 7 heteroatoms. The van der Waals surface area contributed by atoms with Crippen LogP contribution in [0.2, 0.25) is 15.1 Å². The summed E-state index contributed by atoms with van der Waals surface area (Å²) in [5, 5.41) is 5.71. The van der Waals surface area contributed by atoms with Gasteiger partial charge in [-0.1, -0.05) is 59.1 Å². The van der Waals surface area contributed by atoms with Gasteiger partial charge in [0.2, 0.25) is 0 Å². The maximum absolute atomic E-state index is 6.59. The van der Waals surface area contributed by atoms with Gasteiger partial charge < -0.3 is 14.8 Å². The second kappa shape index (κ2) is 9.42. The quantitative estimate of drug-likeness (QED) is 0.314. The van der Waals surface area contributed by atoms with Gasteiger partial charge in [-0.25, -0.2) is 0 Å². The lowest BCUT2D eigenvalue weighted by Crippen LogP contribution is -2.29. The molecule has 0 unspecified atom stereocenters. The van der Waals surface area contributed by atoms with E-state index in [-0.39, 0.29) is 12.0 Å². The Morgan fingerprint density at radius 2 is 1.82 bits per heavy atom. The van der Waals surface area contributed by atoms with Crippen LogP contribution in [0.3, 0.4) is 0 Å². The molecule has 1 heterocycles. The van der Waals surface area contributed by atoms with Crippen molar-refractivity contribution >= 4 is 56.4 Å². The van der Waals surface area contributed by atoms with Crippen molar-refractivity contribution in [2.45, 2.75) is 25.0 Å². The smallest absolute Gasteiger partial charge is 0.175 e. The number of allylic oxidation sites excluding steroid dienone is 2. The van der Waals surface area contributed by atoms with Crippen LogP contribution >= 0.6 is 50.7 Å². The van der Waals surface area contributed by atoms with Crippen LogP contribution in [0.25, 0.3) is 0 Å². The van der Waals surface area contributed by atoms with E-state index >= 15 is 0 Å². The van der Waals surface area contributed by atoms with Gasteiger partial charge in [-0.2, -0.15) is 0 Å². The lowest BCUT2D eigenvalue weighted by Gasteiger charge is -2.38. The maximum Gasteiger partial charge on any atom is 0.175 e. The number of hydrogen-bond acceptors (Lipinski definition) is 3. The molecule has 1 aliphatic heterocycles. The fourth-order valence-electron chi connectivity index (χ4n) is 4.77. The zero-order chi connectivity index (χ0) is 23.1. The number of ether oxygens (including phenoxy) is 2. The van der Waals surface area contributed by atoms with Gasteiger partial charge in [-0.3, -0.25) is 0 Å². The molecule has 0 aromatic heterocycles. The first-order chi connectivity index (χ1) is 15.9. The van der Waals surface area contributed by atoms with Crippen molar-refractivity contribution in [3.63, 3.8) is 0 Å². The van der Waals surface area contributed by atoms with E-state index in [4.69, 9.17) is 44.3 Å². The summed E-state index contributed by atoms with van der Waals surface area (Å²) in [7, 11) is 1.66. The van der Waals surface area contributed by atoms with Crippen molar-refractivity contribution in [2.75, 3.05) is 12.4 Å². The van der Waals surface area contributed by atoms with Crippen LogP contribution in [0.5, 0.6) is 11.5 Å². The Labute approximate surface area is 216 Å². The zero-order valence-corrected chi connectivity index (χ0v) is 21.6. The average Bonchev–Trinajstić information content (AvgIpc) is 3.27. The van der Waals surface area contributed by atoms with E-state index < -0.39 is 0 Å². The van der Waals surface area contributed by atoms with Crippen molar-refractivity contribution in [3.05, 3.63) is 96.9 Å². The normalized spacial score (nSPS) is 20.7. The highest BCUT2D eigenvalue weighted by Gasteiger charge is 2.39. The van der Waals surface area contributed by atoms with Crippen molar-refractivity contribution in [2.24, 2.45) is 5.92 Å². The maximum atomic E-state index is 6.59. The molecule has 3 aromatic rings. The molecule has 0 fully saturated rings. The molecule has 1 N–H and O–H groups in total. The molecule has 0 saturated carbocycles. The van der Waals surface area contributed by atoms with Crippen LogP contribution in [0.4, 0.5) is 5.69 Å². The van der Waals surface area contributed by atoms with Gasteiger partial charge in [-0.15, -0.1) is 0 Å². The van der Waals surface area contributed by atoms with E-state index in [1.165, 1.54) is 0 Å². The third-order valence-corrected chi connectivity index (χ3v) is 7.66. The highest BCUT2D eigenvalue weighted by molar-refractivity contribution is 9.10. The summed E-state index contributed by atoms with van der Waals surface area (Å²) in [6.45, 7) is 0.409. The third kappa shape index (κ3) is 4.46. The predicted octanol–water partition coefficient (Wildman–Crippen LogP) is 8.82. The monoisotopic (exact) mass is 563 g/mol. The molecule has 0 amide bonds. The minimum Gasteiger partial charge on any atom is -0.493 e. The van der Waals surface area contributed by atoms with Crippen LogP contribution in [-0.4, -0.2) is 7.11 Å². The molecule has 3 atom stereocenters. The van der Waals surface area contributed by atoms with E-state index in [1.807, 2.05) is 42.5 Å². The standard InChI is InChI=1S/C26H21BrCl3NO2/c1-32-23-10-15(9-20(27)26(23)33-13-14-5-7-16(28)8-6-14)25-19-4-2-3-18(19)24-21(30)11-17(29)12-22(24)31-25/h2-3,5-12,18-19,25,31H,4,13H2,1H3/t18-,19-,25-/m0/s1. The number of hydrogen-bond donors (Lipinski definition) is 1. The second-order valence-corrected chi connectivity index (χ2v) is 10.4. The SMILES string of the molecule is COc1cc([C@@H]2Nc3cc(Cl)cc(Cl)c3[C@H]3C=CC[C@@H]32)cc(Br)c1OCc1ccc(Cl)cc1. The Hall–Kier alpha value is -1.85. The van der Waals surface area contributed by atoms with Gasteiger partial charge in [0.1, 0.15) is 6.61 Å². The van der Waals surface area contributed by atoms with Gasteiger partial charge in [-0.05, 0) is 75.8 Å². The highest BCUT2D eigenvalue weighted by atomic mass is 79.9. The highest BCUT2D eigenvalue weighted by Crippen LogP contribution is 2.53. The average molecular weight is 566 g/mol. The summed E-state index contributed by atoms with van der Waals surface area (Å²) < 4.78 is 12.7. The van der Waals surface area contributed by atoms with Gasteiger partial charge in [0.15, 0.2) is 11.5 Å². The van der Waals surface area contributed by atoms with Crippen LogP contribution in [-0.2, 0) is 6.61 Å². The summed E-state index contributed by atoms with van der Waals surface area (Å²) in [5.74, 6) is 1.92. The van der Waals surface area contributed by atoms with Crippen LogP contribution in [0, 0.1) is 5.92 Å². The number of fused-ring (bicyclic) bond motifs is 3. The zero-order valence-electron chi connectivity index (χ0n) is 17.7. The summed E-state index contributed by atoms with van der Waals surface area (Å²) in [4.78, 5) is 0. The molecular weight excluding hydrogens is 545 g/mol. The molecule has 3 aromatic carbocycles. The summed E-state index contributed by atoms with van der Waals surface area (Å²) in [6.07, 6.45) is 5.46. The Morgan fingerprint density at radius 1 is 1.03 bits per heavy atom. The Kier molecular flexibility index (Phi) is 6.54. The molecule has 0 saturated heterocycles. The number of methoxy groups -OCH3 is 1. The van der Waals surface area contributed by atoms with Crippen molar-refractivity contribution in [1.29, 1.82) is 0 Å². The summed E-state index contributed by atoms with van der Waals surface area (Å²) in [5.41, 5.74) is 4.23. The molecule has 0 bridgehead atoms. The first kappa shape index (κ1) is 22.9. The molecule has 33 heavy (non-hydrogen) atoms. The molecule has 3 nitrogen and oxygen atoms in total. The number of nitrogens with one attached hydrogen (secondary N) is 1. The topological polar surface area (TPSA) is 30.5 Å². The molecule has 0 spiro atoms. The molecule has 170 valence electrons. The van der Waals surface area contributed by atoms with E-state index in [0.717, 1.165) is 33.3 Å². The van der Waals surface area contributed by atoms with E-state index in [1.54, 1.807) is 7.11 Å². The van der Waals surface area contributed by atoms with Gasteiger partial charge in [0.25, 0.3) is 0 Å². The first-order valence-corrected chi connectivity index (χ1v) is 12.5. The van der Waals surface area contributed by atoms with Crippen LogP contribution < -0.4 is 14.8 Å².